The van der Waals surface area contributed by atoms with Gasteiger partial charge in [-0.3, -0.25) is 0 Å². The second kappa shape index (κ2) is 6.98. The number of nitrogens with zero attached hydrogens (tertiary/aromatic N) is 1. The number of nitrogens with one attached hydrogen (secondary N) is 1. The van der Waals surface area contributed by atoms with Gasteiger partial charge in [-0.1, -0.05) is 30.3 Å². The lowest BCUT2D eigenvalue weighted by molar-refractivity contribution is 0.103. The van der Waals surface area contributed by atoms with Gasteiger partial charge in [0.1, 0.15) is 6.61 Å². The molecule has 1 aromatic carbocycles. The van der Waals surface area contributed by atoms with Crippen molar-refractivity contribution in [1.29, 1.82) is 0 Å². The number of rotatable bonds is 4. The predicted octanol–water partition coefficient (Wildman–Crippen LogP) is 2.61. The molecule has 1 fully saturated rings. The molecule has 0 spiro atoms. The van der Waals surface area contributed by atoms with Crippen LogP contribution in [0.5, 0.6) is 0 Å². The zero-order chi connectivity index (χ0) is 13.7. The number of hydrogen-bond donors (Lipinski definition) is 1. The molecule has 0 saturated carbocycles. The number of alkyl halides is 1. The highest BCUT2D eigenvalue weighted by molar-refractivity contribution is 6.18. The zero-order valence-corrected chi connectivity index (χ0v) is 11.9. The van der Waals surface area contributed by atoms with Crippen molar-refractivity contribution < 1.29 is 9.53 Å². The van der Waals surface area contributed by atoms with Crippen LogP contribution in [0.4, 0.5) is 4.79 Å². The normalized spacial score (nSPS) is 22.5. The number of benzene rings is 1. The Hall–Kier alpha value is -0.970. The largest absolute Gasteiger partial charge is 0.445 e. The Morgan fingerprint density at radius 2 is 2.11 bits per heavy atom. The number of amides is 1. The van der Waals surface area contributed by atoms with Crippen LogP contribution in [0.1, 0.15) is 5.56 Å². The van der Waals surface area contributed by atoms with Crippen molar-refractivity contribution >= 4 is 29.5 Å². The van der Waals surface area contributed by atoms with Crippen molar-refractivity contribution in [3.05, 3.63) is 35.9 Å². The van der Waals surface area contributed by atoms with E-state index in [-0.39, 0.29) is 24.7 Å². The first-order chi connectivity index (χ1) is 9.24. The Kier molecular flexibility index (Phi) is 5.31. The highest BCUT2D eigenvalue weighted by Gasteiger charge is 2.35. The average molecular weight is 303 g/mol. The molecule has 0 bridgehead atoms. The second-order valence-corrected chi connectivity index (χ2v) is 5.10. The number of carbonyl (C=O) groups is 1. The molecule has 1 aromatic rings. The third-order valence-electron chi connectivity index (χ3n) is 3.24. The van der Waals surface area contributed by atoms with Gasteiger partial charge in [0.05, 0.1) is 0 Å². The van der Waals surface area contributed by atoms with Gasteiger partial charge in [0, 0.05) is 30.9 Å². The fourth-order valence-corrected chi connectivity index (χ4v) is 2.67. The van der Waals surface area contributed by atoms with E-state index in [1.54, 1.807) is 4.90 Å². The quantitative estimate of drug-likeness (QED) is 0.687. The summed E-state index contributed by atoms with van der Waals surface area (Å²) in [5.74, 6) is 0.621. The second-order valence-electron chi connectivity index (χ2n) is 4.58. The summed E-state index contributed by atoms with van der Waals surface area (Å²) in [6.45, 7) is 1.37. The van der Waals surface area contributed by atoms with Gasteiger partial charge in [-0.05, 0) is 17.3 Å². The monoisotopic (exact) mass is 302 g/mol. The molecule has 2 rings (SSSR count). The van der Waals surface area contributed by atoms with Crippen molar-refractivity contribution in [2.45, 2.75) is 12.6 Å². The van der Waals surface area contributed by atoms with Crippen molar-refractivity contribution in [2.24, 2.45) is 5.92 Å². The molecule has 0 aromatic heterocycles. The first-order valence-corrected chi connectivity index (χ1v) is 7.03. The fourth-order valence-electron chi connectivity index (χ4n) is 2.11. The topological polar surface area (TPSA) is 41.6 Å². The Morgan fingerprint density at radius 3 is 2.68 bits per heavy atom. The van der Waals surface area contributed by atoms with Crippen LogP contribution in [-0.2, 0) is 11.3 Å². The van der Waals surface area contributed by atoms with Crippen LogP contribution in [0.25, 0.3) is 0 Å². The number of halogens is 2. The molecule has 1 aliphatic heterocycles. The summed E-state index contributed by atoms with van der Waals surface area (Å²) in [6, 6.07) is 9.60. The van der Waals surface area contributed by atoms with Crippen LogP contribution >= 0.6 is 23.4 Å². The first-order valence-electron chi connectivity index (χ1n) is 6.12. The zero-order valence-electron chi connectivity index (χ0n) is 10.4. The van der Waals surface area contributed by atoms with E-state index in [1.165, 1.54) is 0 Å². The summed E-state index contributed by atoms with van der Waals surface area (Å²) in [6.07, 6.45) is -0.326. The van der Waals surface area contributed by atoms with Gasteiger partial charge in [-0.25, -0.2) is 9.63 Å². The minimum absolute atomic E-state index is 0.0171. The minimum Gasteiger partial charge on any atom is -0.445 e. The Balaban J connectivity index is 1.84. The summed E-state index contributed by atoms with van der Waals surface area (Å²) in [4.78, 5) is 16.2. The molecule has 1 aliphatic rings. The van der Waals surface area contributed by atoms with Crippen molar-refractivity contribution in [3.63, 3.8) is 0 Å². The van der Waals surface area contributed by atoms with Crippen LogP contribution in [0.2, 0.25) is 0 Å². The molecule has 4 nitrogen and oxygen atoms in total. The first kappa shape index (κ1) is 14.4. The maximum atomic E-state index is 11.9. The summed E-state index contributed by atoms with van der Waals surface area (Å²) in [5, 5.41) is 0. The molecule has 6 heteroatoms. The molecular formula is C13H16Cl2N2O2. The average Bonchev–Trinajstić information content (AvgIpc) is 2.89. The summed E-state index contributed by atoms with van der Waals surface area (Å²) in [7, 11) is 0. The van der Waals surface area contributed by atoms with Gasteiger partial charge in [-0.2, -0.15) is 0 Å². The molecule has 1 amide bonds. The standard InChI is InChI=1S/C13H16Cl2N2O2/c14-6-11-7-17(8-12(11)16-15)13(18)19-9-10-4-2-1-3-5-10/h1-5,11-12,16H,6-9H2/t11-,12+/m0/s1. The van der Waals surface area contributed by atoms with E-state index in [4.69, 9.17) is 28.1 Å². The minimum atomic E-state index is -0.326. The molecule has 0 unspecified atom stereocenters. The third kappa shape index (κ3) is 3.75. The van der Waals surface area contributed by atoms with E-state index in [2.05, 4.69) is 4.84 Å². The maximum Gasteiger partial charge on any atom is 0.410 e. The van der Waals surface area contributed by atoms with Gasteiger partial charge in [0.15, 0.2) is 0 Å². The molecule has 0 aliphatic carbocycles. The van der Waals surface area contributed by atoms with E-state index in [0.717, 1.165) is 5.56 Å². The Morgan fingerprint density at radius 1 is 1.37 bits per heavy atom. The van der Waals surface area contributed by atoms with E-state index < -0.39 is 0 Å². The van der Waals surface area contributed by atoms with Gasteiger partial charge >= 0.3 is 6.09 Å². The summed E-state index contributed by atoms with van der Waals surface area (Å²) < 4.78 is 5.27. The molecule has 104 valence electrons. The van der Waals surface area contributed by atoms with Crippen molar-refractivity contribution in [1.82, 2.24) is 9.74 Å². The van der Waals surface area contributed by atoms with Gasteiger partial charge in [0.2, 0.25) is 0 Å². The van der Waals surface area contributed by atoms with Gasteiger partial charge in [-0.15, -0.1) is 11.6 Å². The van der Waals surface area contributed by atoms with Crippen molar-refractivity contribution in [2.75, 3.05) is 19.0 Å². The SMILES string of the molecule is O=C(OCc1ccccc1)N1C[C@H](CCl)[C@H](NCl)C1. The molecule has 1 heterocycles. The third-order valence-corrected chi connectivity index (χ3v) is 3.92. The van der Waals surface area contributed by atoms with Crippen LogP contribution < -0.4 is 4.84 Å². The van der Waals surface area contributed by atoms with Gasteiger partial charge < -0.3 is 9.64 Å². The van der Waals surface area contributed by atoms with Crippen molar-refractivity contribution in [3.8, 4) is 0 Å². The summed E-state index contributed by atoms with van der Waals surface area (Å²) >= 11 is 11.5. The van der Waals surface area contributed by atoms with Crippen LogP contribution in [0.3, 0.4) is 0 Å². The molecule has 19 heavy (non-hydrogen) atoms. The number of likely N-dealkylation sites (tertiary alicyclic amines) is 1. The number of hydrogen-bond acceptors (Lipinski definition) is 3. The molecule has 1 N–H and O–H groups in total. The molecule has 1 saturated heterocycles. The number of carbonyl (C=O) groups excluding carboxylic acids is 1. The lowest BCUT2D eigenvalue weighted by Crippen LogP contribution is -2.33. The Labute approximate surface area is 122 Å². The highest BCUT2D eigenvalue weighted by atomic mass is 35.5. The van der Waals surface area contributed by atoms with E-state index in [1.807, 2.05) is 30.3 Å². The van der Waals surface area contributed by atoms with Crippen LogP contribution in [-0.4, -0.2) is 36.0 Å². The highest BCUT2D eigenvalue weighted by Crippen LogP contribution is 2.20. The smallest absolute Gasteiger partial charge is 0.410 e. The number of ether oxygens (including phenoxy) is 1. The summed E-state index contributed by atoms with van der Waals surface area (Å²) in [5.41, 5.74) is 0.968. The molecular weight excluding hydrogens is 287 g/mol. The maximum absolute atomic E-state index is 11.9. The van der Waals surface area contributed by atoms with E-state index in [9.17, 15) is 4.79 Å². The van der Waals surface area contributed by atoms with E-state index >= 15 is 0 Å². The Bertz CT molecular complexity index is 404. The van der Waals surface area contributed by atoms with Gasteiger partial charge in [0.25, 0.3) is 0 Å². The lowest BCUT2D eigenvalue weighted by Gasteiger charge is -2.15. The molecule has 2 atom stereocenters. The fraction of sp³-hybridized carbons (Fsp3) is 0.462. The van der Waals surface area contributed by atoms with E-state index in [0.29, 0.717) is 19.0 Å². The molecule has 0 radical (unpaired) electrons. The predicted molar refractivity (Wildman–Crippen MR) is 75.2 cm³/mol. The van der Waals surface area contributed by atoms with Crippen LogP contribution in [0, 0.1) is 5.92 Å². The van der Waals surface area contributed by atoms with Crippen LogP contribution in [0.15, 0.2) is 30.3 Å². The lowest BCUT2D eigenvalue weighted by atomic mass is 10.1.